The van der Waals surface area contributed by atoms with Gasteiger partial charge in [-0.05, 0) is 19.4 Å². The molecule has 19 heavy (non-hydrogen) atoms. The Morgan fingerprint density at radius 1 is 1.47 bits per heavy atom. The highest BCUT2D eigenvalue weighted by atomic mass is 32.2. The molecule has 0 radical (unpaired) electrons. The van der Waals surface area contributed by atoms with Crippen LogP contribution in [0.3, 0.4) is 0 Å². The lowest BCUT2D eigenvalue weighted by Crippen LogP contribution is -2.11. The van der Waals surface area contributed by atoms with Gasteiger partial charge in [-0.2, -0.15) is 11.8 Å². The lowest BCUT2D eigenvalue weighted by molar-refractivity contribution is -0.136. The van der Waals surface area contributed by atoms with E-state index in [-0.39, 0.29) is 12.0 Å². The number of fused-ring (bicyclic) bond motifs is 1. The molecule has 0 aliphatic carbocycles. The minimum absolute atomic E-state index is 0.110. The zero-order valence-electron chi connectivity index (χ0n) is 10.6. The molecule has 102 valence electrons. The second-order valence-electron chi connectivity index (χ2n) is 4.17. The van der Waals surface area contributed by atoms with Crippen molar-refractivity contribution in [2.75, 3.05) is 5.75 Å². The zero-order valence-corrected chi connectivity index (χ0v) is 12.3. The van der Waals surface area contributed by atoms with Gasteiger partial charge in [0, 0.05) is 10.6 Å². The van der Waals surface area contributed by atoms with Crippen LogP contribution in [-0.4, -0.2) is 26.8 Å². The average molecular weight is 298 g/mol. The number of thiophene rings is 1. The van der Waals surface area contributed by atoms with Gasteiger partial charge in [-0.15, -0.1) is 11.3 Å². The number of nitrogens with one attached hydrogen (secondary N) is 1. The highest BCUT2D eigenvalue weighted by Gasteiger charge is 2.11. The fraction of sp³-hybridized carbons (Fsp3) is 0.417. The Labute approximate surface area is 118 Å². The lowest BCUT2D eigenvalue weighted by atomic mass is 10.2. The number of aromatic nitrogens is 2. The predicted molar refractivity (Wildman–Crippen MR) is 78.1 cm³/mol. The van der Waals surface area contributed by atoms with E-state index < -0.39 is 5.97 Å². The van der Waals surface area contributed by atoms with Crippen molar-refractivity contribution < 1.29 is 9.90 Å². The number of hydrogen-bond acceptors (Lipinski definition) is 5. The zero-order chi connectivity index (χ0) is 14.0. The number of aliphatic carboxylic acids is 1. The standard InChI is InChI=1S/C12H14N2O3S2/c1-6-7(2)19-12-10(6)11(17)13-8(14-12)5-18-4-3-9(15)16/h3-5H2,1-2H3,(H,15,16)(H,13,14,17). The van der Waals surface area contributed by atoms with Crippen molar-refractivity contribution in [3.05, 3.63) is 26.6 Å². The number of carboxylic acid groups (broad SMARTS) is 1. The predicted octanol–water partition coefficient (Wildman–Crippen LogP) is 2.31. The maximum Gasteiger partial charge on any atom is 0.304 e. The van der Waals surface area contributed by atoms with Crippen LogP contribution in [0, 0.1) is 13.8 Å². The average Bonchev–Trinajstić information content (AvgIpc) is 2.61. The van der Waals surface area contributed by atoms with E-state index in [0.29, 0.717) is 22.7 Å². The van der Waals surface area contributed by atoms with Crippen molar-refractivity contribution in [3.8, 4) is 0 Å². The smallest absolute Gasteiger partial charge is 0.304 e. The van der Waals surface area contributed by atoms with Crippen LogP contribution in [0.5, 0.6) is 0 Å². The molecule has 2 aromatic rings. The first-order valence-corrected chi connectivity index (χ1v) is 7.74. The van der Waals surface area contributed by atoms with Crippen LogP contribution in [0.15, 0.2) is 4.79 Å². The summed E-state index contributed by atoms with van der Waals surface area (Å²) in [7, 11) is 0. The second-order valence-corrected chi connectivity index (χ2v) is 6.48. The summed E-state index contributed by atoms with van der Waals surface area (Å²) in [5, 5.41) is 9.21. The molecule has 5 nitrogen and oxygen atoms in total. The Kier molecular flexibility index (Phi) is 4.26. The first-order valence-electron chi connectivity index (χ1n) is 5.77. The molecular formula is C12H14N2O3S2. The highest BCUT2D eigenvalue weighted by Crippen LogP contribution is 2.26. The van der Waals surface area contributed by atoms with E-state index in [2.05, 4.69) is 9.97 Å². The lowest BCUT2D eigenvalue weighted by Gasteiger charge is -2.00. The van der Waals surface area contributed by atoms with Crippen LogP contribution in [-0.2, 0) is 10.5 Å². The van der Waals surface area contributed by atoms with Crippen LogP contribution in [0.1, 0.15) is 22.7 Å². The Morgan fingerprint density at radius 2 is 2.21 bits per heavy atom. The molecule has 0 atom stereocenters. The first-order chi connectivity index (χ1) is 8.99. The molecule has 2 rings (SSSR count). The Morgan fingerprint density at radius 3 is 2.89 bits per heavy atom. The number of carboxylic acids is 1. The summed E-state index contributed by atoms with van der Waals surface area (Å²) in [5.74, 6) is 0.830. The summed E-state index contributed by atoms with van der Waals surface area (Å²) in [4.78, 5) is 31.4. The number of H-pyrrole nitrogens is 1. The minimum Gasteiger partial charge on any atom is -0.481 e. The van der Waals surface area contributed by atoms with Gasteiger partial charge in [0.25, 0.3) is 5.56 Å². The molecule has 2 N–H and O–H groups in total. The van der Waals surface area contributed by atoms with Crippen LogP contribution < -0.4 is 5.56 Å². The van der Waals surface area contributed by atoms with E-state index in [1.807, 2.05) is 13.8 Å². The SMILES string of the molecule is Cc1sc2nc(CSCCC(=O)O)[nH]c(=O)c2c1C. The molecule has 7 heteroatoms. The molecule has 0 aromatic carbocycles. The molecule has 0 unspecified atom stereocenters. The molecule has 0 amide bonds. The van der Waals surface area contributed by atoms with Gasteiger partial charge in [0.05, 0.1) is 17.6 Å². The van der Waals surface area contributed by atoms with Crippen LogP contribution in [0.2, 0.25) is 0 Å². The maximum absolute atomic E-state index is 12.0. The molecule has 0 aliphatic rings. The summed E-state index contributed by atoms with van der Waals surface area (Å²) >= 11 is 2.97. The molecule has 0 spiro atoms. The van der Waals surface area contributed by atoms with Crippen LogP contribution in [0.25, 0.3) is 10.2 Å². The van der Waals surface area contributed by atoms with Crippen molar-refractivity contribution in [1.29, 1.82) is 0 Å². The van der Waals surface area contributed by atoms with Crippen molar-refractivity contribution in [3.63, 3.8) is 0 Å². The quantitative estimate of drug-likeness (QED) is 0.828. The molecule has 0 fully saturated rings. The number of rotatable bonds is 5. The van der Waals surface area contributed by atoms with Crippen LogP contribution in [0.4, 0.5) is 0 Å². The van der Waals surface area contributed by atoms with Crippen molar-refractivity contribution in [2.45, 2.75) is 26.0 Å². The van der Waals surface area contributed by atoms with Gasteiger partial charge in [0.15, 0.2) is 0 Å². The fourth-order valence-electron chi connectivity index (χ4n) is 1.70. The Bertz CT molecular complexity index is 675. The van der Waals surface area contributed by atoms with Gasteiger partial charge in [-0.3, -0.25) is 9.59 Å². The van der Waals surface area contributed by atoms with Gasteiger partial charge in [-0.1, -0.05) is 0 Å². The Hall–Kier alpha value is -1.34. The molecule has 2 aromatic heterocycles. The van der Waals surface area contributed by atoms with E-state index in [9.17, 15) is 9.59 Å². The summed E-state index contributed by atoms with van der Waals surface area (Å²) in [6.07, 6.45) is 0.119. The Balaban J connectivity index is 2.17. The summed E-state index contributed by atoms with van der Waals surface area (Å²) in [5.41, 5.74) is 0.875. The molecule has 0 bridgehead atoms. The first kappa shape index (κ1) is 14.1. The van der Waals surface area contributed by atoms with E-state index in [4.69, 9.17) is 5.11 Å². The molecular weight excluding hydrogens is 284 g/mol. The number of aryl methyl sites for hydroxylation is 2. The molecule has 2 heterocycles. The van der Waals surface area contributed by atoms with Crippen molar-refractivity contribution >= 4 is 39.3 Å². The molecule has 0 saturated carbocycles. The van der Waals surface area contributed by atoms with Gasteiger partial charge in [0.1, 0.15) is 10.7 Å². The largest absolute Gasteiger partial charge is 0.481 e. The third-order valence-electron chi connectivity index (χ3n) is 2.79. The highest BCUT2D eigenvalue weighted by molar-refractivity contribution is 7.98. The van der Waals surface area contributed by atoms with Crippen molar-refractivity contribution in [2.24, 2.45) is 0 Å². The van der Waals surface area contributed by atoms with E-state index >= 15 is 0 Å². The van der Waals surface area contributed by atoms with Crippen LogP contribution >= 0.6 is 23.1 Å². The molecule has 0 saturated heterocycles. The van der Waals surface area contributed by atoms with Gasteiger partial charge in [0.2, 0.25) is 0 Å². The number of nitrogens with zero attached hydrogens (tertiary/aromatic N) is 1. The van der Waals surface area contributed by atoms with Crippen molar-refractivity contribution in [1.82, 2.24) is 9.97 Å². The maximum atomic E-state index is 12.0. The topological polar surface area (TPSA) is 83.0 Å². The summed E-state index contributed by atoms with van der Waals surface area (Å²) in [6, 6.07) is 0. The minimum atomic E-state index is -0.811. The third kappa shape index (κ3) is 3.16. The number of carbonyl (C=O) groups is 1. The van der Waals surface area contributed by atoms with E-state index in [1.54, 1.807) is 0 Å². The van der Waals surface area contributed by atoms with Gasteiger partial charge in [-0.25, -0.2) is 4.98 Å². The second kappa shape index (κ2) is 5.75. The molecule has 0 aliphatic heterocycles. The summed E-state index contributed by atoms with van der Waals surface area (Å²) < 4.78 is 0. The number of aromatic amines is 1. The number of thioether (sulfide) groups is 1. The normalized spacial score (nSPS) is 11.1. The van der Waals surface area contributed by atoms with Gasteiger partial charge < -0.3 is 10.1 Å². The van der Waals surface area contributed by atoms with Gasteiger partial charge >= 0.3 is 5.97 Å². The van der Waals surface area contributed by atoms with E-state index in [1.165, 1.54) is 23.1 Å². The number of hydrogen-bond donors (Lipinski definition) is 2. The fourth-order valence-corrected chi connectivity index (χ4v) is 3.54. The third-order valence-corrected chi connectivity index (χ3v) is 4.86. The monoisotopic (exact) mass is 298 g/mol. The van der Waals surface area contributed by atoms with E-state index in [0.717, 1.165) is 15.3 Å². The summed E-state index contributed by atoms with van der Waals surface area (Å²) in [6.45, 7) is 3.90.